The summed E-state index contributed by atoms with van der Waals surface area (Å²) in [7, 11) is 0. The molecular weight excluding hydrogens is 401 g/mol. The van der Waals surface area contributed by atoms with Gasteiger partial charge in [-0.25, -0.2) is 4.39 Å². The number of thioether (sulfide) groups is 1. The summed E-state index contributed by atoms with van der Waals surface area (Å²) in [4.78, 5) is 14.9. The Bertz CT molecular complexity index is 988. The van der Waals surface area contributed by atoms with Crippen LogP contribution in [0, 0.1) is 11.7 Å². The van der Waals surface area contributed by atoms with E-state index in [9.17, 15) is 9.18 Å². The Morgan fingerprint density at radius 1 is 1.17 bits per heavy atom. The van der Waals surface area contributed by atoms with Crippen LogP contribution in [0.25, 0.3) is 5.69 Å². The maximum atomic E-state index is 13.5. The number of amides is 1. The van der Waals surface area contributed by atoms with Crippen molar-refractivity contribution < 1.29 is 9.18 Å². The molecule has 1 aliphatic heterocycles. The lowest BCUT2D eigenvalue weighted by Crippen LogP contribution is -2.42. The van der Waals surface area contributed by atoms with Gasteiger partial charge < -0.3 is 4.90 Å². The van der Waals surface area contributed by atoms with Gasteiger partial charge in [0.2, 0.25) is 11.1 Å². The first kappa shape index (κ1) is 20.5. The minimum Gasteiger partial charge on any atom is -0.342 e. The molecule has 2 heterocycles. The number of benzene rings is 2. The highest BCUT2D eigenvalue weighted by molar-refractivity contribution is 8.00. The van der Waals surface area contributed by atoms with Gasteiger partial charge in [-0.1, -0.05) is 48.2 Å². The summed E-state index contributed by atoms with van der Waals surface area (Å²) in [6.07, 6.45) is 3.09. The Balaban J connectivity index is 1.34. The van der Waals surface area contributed by atoms with Crippen molar-refractivity contribution in [3.63, 3.8) is 0 Å². The van der Waals surface area contributed by atoms with E-state index in [2.05, 4.69) is 39.8 Å². The van der Waals surface area contributed by atoms with Crippen LogP contribution in [0.2, 0.25) is 0 Å². The zero-order chi connectivity index (χ0) is 20.9. The highest BCUT2D eigenvalue weighted by atomic mass is 32.2. The number of hydrogen-bond donors (Lipinski definition) is 0. The van der Waals surface area contributed by atoms with Crippen LogP contribution in [-0.2, 0) is 11.2 Å². The van der Waals surface area contributed by atoms with E-state index < -0.39 is 0 Å². The van der Waals surface area contributed by atoms with Crippen molar-refractivity contribution in [3.05, 3.63) is 66.0 Å². The standard InChI is InChI=1S/C22H24FN5OS/c1-16(30-22-24-25-26-28(22)20-9-5-8-19(23)15-20)21(29)27-12-10-18(11-13-27)14-17-6-3-2-4-7-17/h2-9,15-16,18H,10-14H2,1H3. The second-order valence-corrected chi connectivity index (χ2v) is 8.88. The third-order valence-electron chi connectivity index (χ3n) is 5.42. The third-order valence-corrected chi connectivity index (χ3v) is 6.44. The maximum Gasteiger partial charge on any atom is 0.235 e. The molecule has 1 aliphatic rings. The zero-order valence-corrected chi connectivity index (χ0v) is 17.6. The second kappa shape index (κ2) is 9.38. The second-order valence-electron chi connectivity index (χ2n) is 7.57. The number of tetrazole rings is 1. The summed E-state index contributed by atoms with van der Waals surface area (Å²) in [5.41, 5.74) is 1.89. The van der Waals surface area contributed by atoms with Gasteiger partial charge in [-0.15, -0.1) is 5.10 Å². The third kappa shape index (κ3) is 4.87. The van der Waals surface area contributed by atoms with Gasteiger partial charge in [-0.3, -0.25) is 4.79 Å². The summed E-state index contributed by atoms with van der Waals surface area (Å²) in [5, 5.41) is 11.8. The van der Waals surface area contributed by atoms with Gasteiger partial charge in [-0.05, 0) is 66.3 Å². The van der Waals surface area contributed by atoms with E-state index in [-0.39, 0.29) is 17.0 Å². The Kier molecular flexibility index (Phi) is 6.42. The molecular formula is C22H24FN5OS. The van der Waals surface area contributed by atoms with E-state index in [1.54, 1.807) is 12.1 Å². The molecule has 0 bridgehead atoms. The van der Waals surface area contributed by atoms with E-state index in [0.29, 0.717) is 16.8 Å². The predicted molar refractivity (Wildman–Crippen MR) is 114 cm³/mol. The number of carbonyl (C=O) groups is 1. The van der Waals surface area contributed by atoms with Gasteiger partial charge >= 0.3 is 0 Å². The Morgan fingerprint density at radius 2 is 1.93 bits per heavy atom. The van der Waals surface area contributed by atoms with Gasteiger partial charge in [0.15, 0.2) is 0 Å². The van der Waals surface area contributed by atoms with Crippen LogP contribution < -0.4 is 0 Å². The van der Waals surface area contributed by atoms with Crippen LogP contribution >= 0.6 is 11.8 Å². The van der Waals surface area contributed by atoms with Crippen molar-refractivity contribution >= 4 is 17.7 Å². The molecule has 1 aromatic heterocycles. The smallest absolute Gasteiger partial charge is 0.235 e. The number of nitrogens with zero attached hydrogens (tertiary/aromatic N) is 5. The number of hydrogen-bond acceptors (Lipinski definition) is 5. The van der Waals surface area contributed by atoms with Crippen LogP contribution in [0.4, 0.5) is 4.39 Å². The lowest BCUT2D eigenvalue weighted by Gasteiger charge is -2.33. The first-order chi connectivity index (χ1) is 14.6. The summed E-state index contributed by atoms with van der Waals surface area (Å²) < 4.78 is 15.0. The first-order valence-corrected chi connectivity index (χ1v) is 11.0. The number of carbonyl (C=O) groups excluding carboxylic acids is 1. The summed E-state index contributed by atoms with van der Waals surface area (Å²) >= 11 is 1.30. The normalized spacial score (nSPS) is 15.9. The van der Waals surface area contributed by atoms with Crippen molar-refractivity contribution in [3.8, 4) is 5.69 Å². The molecule has 1 saturated heterocycles. The average Bonchev–Trinajstić information content (AvgIpc) is 3.22. The van der Waals surface area contributed by atoms with Crippen LogP contribution in [-0.4, -0.2) is 49.4 Å². The number of halogens is 1. The highest BCUT2D eigenvalue weighted by Crippen LogP contribution is 2.27. The largest absolute Gasteiger partial charge is 0.342 e. The molecule has 1 amide bonds. The monoisotopic (exact) mass is 425 g/mol. The summed E-state index contributed by atoms with van der Waals surface area (Å²) in [5.74, 6) is 0.341. The molecule has 8 heteroatoms. The fourth-order valence-corrected chi connectivity index (χ4v) is 4.68. The molecule has 30 heavy (non-hydrogen) atoms. The minimum atomic E-state index is -0.360. The fourth-order valence-electron chi connectivity index (χ4n) is 3.79. The van der Waals surface area contributed by atoms with Crippen molar-refractivity contribution in [1.82, 2.24) is 25.1 Å². The Morgan fingerprint density at radius 3 is 2.67 bits per heavy atom. The minimum absolute atomic E-state index is 0.0898. The molecule has 0 radical (unpaired) electrons. The number of aromatic nitrogens is 4. The SMILES string of the molecule is CC(Sc1nnnn1-c1cccc(F)c1)C(=O)N1CCC(Cc2ccccc2)CC1. The van der Waals surface area contributed by atoms with Gasteiger partial charge in [0.05, 0.1) is 10.9 Å². The average molecular weight is 426 g/mol. The molecule has 1 atom stereocenters. The summed E-state index contributed by atoms with van der Waals surface area (Å²) in [6.45, 7) is 3.42. The van der Waals surface area contributed by atoms with Crippen molar-refractivity contribution in [2.45, 2.75) is 36.6 Å². The molecule has 6 nitrogen and oxygen atoms in total. The van der Waals surface area contributed by atoms with Crippen LogP contribution in [0.15, 0.2) is 59.8 Å². The first-order valence-electron chi connectivity index (χ1n) is 10.1. The predicted octanol–water partition coefficient (Wildman–Crippen LogP) is 3.76. The topological polar surface area (TPSA) is 63.9 Å². The van der Waals surface area contributed by atoms with Crippen LogP contribution in [0.1, 0.15) is 25.3 Å². The maximum absolute atomic E-state index is 13.5. The van der Waals surface area contributed by atoms with E-state index in [1.807, 2.05) is 17.9 Å². The van der Waals surface area contributed by atoms with Gasteiger partial charge in [0, 0.05) is 13.1 Å². The number of piperidine rings is 1. The molecule has 0 spiro atoms. The molecule has 1 unspecified atom stereocenters. The zero-order valence-electron chi connectivity index (χ0n) is 16.8. The van der Waals surface area contributed by atoms with Gasteiger partial charge in [-0.2, -0.15) is 4.68 Å². The molecule has 0 aliphatic carbocycles. The number of rotatable bonds is 6. The molecule has 3 aromatic rings. The van der Waals surface area contributed by atoms with Crippen molar-refractivity contribution in [2.24, 2.45) is 5.92 Å². The lowest BCUT2D eigenvalue weighted by molar-refractivity contribution is -0.131. The van der Waals surface area contributed by atoms with Gasteiger partial charge in [0.1, 0.15) is 5.82 Å². The van der Waals surface area contributed by atoms with E-state index >= 15 is 0 Å². The fraction of sp³-hybridized carbons (Fsp3) is 0.364. The molecule has 1 fully saturated rings. The molecule has 0 saturated carbocycles. The summed E-state index contributed by atoms with van der Waals surface area (Å²) in [6, 6.07) is 16.6. The lowest BCUT2D eigenvalue weighted by atomic mass is 9.90. The van der Waals surface area contributed by atoms with E-state index in [0.717, 1.165) is 32.4 Å². The Labute approximate surface area is 179 Å². The van der Waals surface area contributed by atoms with E-state index in [1.165, 1.54) is 34.1 Å². The highest BCUT2D eigenvalue weighted by Gasteiger charge is 2.28. The molecule has 2 aromatic carbocycles. The van der Waals surface area contributed by atoms with Gasteiger partial charge in [0.25, 0.3) is 0 Å². The Hall–Kier alpha value is -2.74. The number of likely N-dealkylation sites (tertiary alicyclic amines) is 1. The van der Waals surface area contributed by atoms with E-state index in [4.69, 9.17) is 0 Å². The molecule has 4 rings (SSSR count). The van der Waals surface area contributed by atoms with Crippen molar-refractivity contribution in [2.75, 3.05) is 13.1 Å². The quantitative estimate of drug-likeness (QED) is 0.563. The van der Waals surface area contributed by atoms with Crippen LogP contribution in [0.3, 0.4) is 0 Å². The van der Waals surface area contributed by atoms with Crippen molar-refractivity contribution in [1.29, 1.82) is 0 Å². The molecule has 0 N–H and O–H groups in total. The van der Waals surface area contributed by atoms with Crippen LogP contribution in [0.5, 0.6) is 0 Å². The molecule has 156 valence electrons.